The summed E-state index contributed by atoms with van der Waals surface area (Å²) in [7, 11) is 0. The normalized spacial score (nSPS) is 26.2. The lowest BCUT2D eigenvalue weighted by Gasteiger charge is -2.34. The van der Waals surface area contributed by atoms with Crippen LogP contribution >= 0.6 is 0 Å². The van der Waals surface area contributed by atoms with Crippen LogP contribution in [0.15, 0.2) is 43.0 Å². The molecule has 2 saturated heterocycles. The molecule has 172 valence electrons. The maximum Gasteiger partial charge on any atom is 0.246 e. The van der Waals surface area contributed by atoms with E-state index in [2.05, 4.69) is 22.5 Å². The molecule has 0 radical (unpaired) electrons. The van der Waals surface area contributed by atoms with Gasteiger partial charge in [0.2, 0.25) is 23.6 Å². The van der Waals surface area contributed by atoms with Crippen molar-refractivity contribution in [1.29, 1.82) is 0 Å². The molecule has 2 aliphatic rings. The molecule has 8 nitrogen and oxygen atoms in total. The summed E-state index contributed by atoms with van der Waals surface area (Å²) < 4.78 is 0. The van der Waals surface area contributed by atoms with Crippen molar-refractivity contribution in [2.45, 2.75) is 69.6 Å². The summed E-state index contributed by atoms with van der Waals surface area (Å²) in [6.07, 6.45) is 4.05. The molecule has 3 N–H and O–H groups in total. The lowest BCUT2D eigenvalue weighted by Crippen LogP contribution is -2.64. The first-order chi connectivity index (χ1) is 15.2. The summed E-state index contributed by atoms with van der Waals surface area (Å²) in [5.74, 6) is -1.52. The van der Waals surface area contributed by atoms with Crippen molar-refractivity contribution in [2.24, 2.45) is 0 Å². The number of fused-ring (bicyclic) bond motifs is 1. The van der Waals surface area contributed by atoms with Crippen molar-refractivity contribution in [1.82, 2.24) is 20.9 Å². The van der Waals surface area contributed by atoms with Crippen LogP contribution in [0.3, 0.4) is 0 Å². The Labute approximate surface area is 188 Å². The molecule has 0 bridgehead atoms. The van der Waals surface area contributed by atoms with E-state index >= 15 is 0 Å². The monoisotopic (exact) mass is 440 g/mol. The zero-order chi connectivity index (χ0) is 23.3. The third-order valence-electron chi connectivity index (χ3n) is 6.02. The number of allylic oxidation sites excluding steroid dienone is 1. The molecule has 0 aliphatic carbocycles. The lowest BCUT2D eigenvalue weighted by atomic mass is 9.98. The molecule has 3 atom stereocenters. The zero-order valence-corrected chi connectivity index (χ0v) is 18.7. The first-order valence-electron chi connectivity index (χ1n) is 11.1. The van der Waals surface area contributed by atoms with E-state index in [1.165, 1.54) is 0 Å². The molecule has 32 heavy (non-hydrogen) atoms. The summed E-state index contributed by atoms with van der Waals surface area (Å²) in [4.78, 5) is 54.2. The van der Waals surface area contributed by atoms with E-state index in [1.807, 2.05) is 30.3 Å². The molecular formula is C24H32N4O4. The van der Waals surface area contributed by atoms with Crippen LogP contribution in [0.5, 0.6) is 0 Å². The fraction of sp³-hybridized carbons (Fsp3) is 0.500. The number of amides is 4. The van der Waals surface area contributed by atoms with E-state index in [0.717, 1.165) is 5.56 Å². The maximum absolute atomic E-state index is 13.5. The van der Waals surface area contributed by atoms with Crippen LogP contribution in [0.4, 0.5) is 0 Å². The van der Waals surface area contributed by atoms with Crippen LogP contribution in [0.2, 0.25) is 0 Å². The van der Waals surface area contributed by atoms with Crippen LogP contribution in [0.25, 0.3) is 0 Å². The molecule has 0 aromatic heterocycles. The van der Waals surface area contributed by atoms with E-state index in [1.54, 1.807) is 24.8 Å². The molecule has 3 rings (SSSR count). The summed E-state index contributed by atoms with van der Waals surface area (Å²) in [6, 6.07) is 7.08. The summed E-state index contributed by atoms with van der Waals surface area (Å²) in [5, 5.41) is 8.38. The van der Waals surface area contributed by atoms with Gasteiger partial charge in [0.05, 0.1) is 0 Å². The molecule has 1 aromatic rings. The van der Waals surface area contributed by atoms with Gasteiger partial charge in [-0.3, -0.25) is 19.2 Å². The largest absolute Gasteiger partial charge is 0.343 e. The minimum atomic E-state index is -1.27. The third-order valence-corrected chi connectivity index (χ3v) is 6.02. The van der Waals surface area contributed by atoms with E-state index in [0.29, 0.717) is 38.6 Å². The number of carbonyl (C=O) groups excluding carboxylic acids is 4. The first kappa shape index (κ1) is 23.5. The fourth-order valence-corrected chi connectivity index (χ4v) is 4.16. The summed E-state index contributed by atoms with van der Waals surface area (Å²) >= 11 is 0. The smallest absolute Gasteiger partial charge is 0.246 e. The van der Waals surface area contributed by atoms with Gasteiger partial charge >= 0.3 is 0 Å². The minimum Gasteiger partial charge on any atom is -0.343 e. The van der Waals surface area contributed by atoms with Gasteiger partial charge in [0.25, 0.3) is 0 Å². The standard InChI is InChI=1S/C24H32N4O4/c1-4-5-12-17-20(29)27-24(2,3)23(32)26-18(15-16-10-7-6-8-11-16)22(31)28-14-9-13-19(28)21(30)25-17/h4,6-8,10-11,17-19H,1,5,9,12-15H2,2-3H3,(H,25,30)(H,26,32)(H,27,29)/t17-,18-,19+/m0/s1. The number of carbonyl (C=O) groups is 4. The Morgan fingerprint density at radius 2 is 1.78 bits per heavy atom. The van der Waals surface area contributed by atoms with Gasteiger partial charge in [0, 0.05) is 13.0 Å². The second-order valence-electron chi connectivity index (χ2n) is 8.95. The summed E-state index contributed by atoms with van der Waals surface area (Å²) in [5.41, 5.74) is -0.377. The Morgan fingerprint density at radius 1 is 1.06 bits per heavy atom. The quantitative estimate of drug-likeness (QED) is 0.595. The van der Waals surface area contributed by atoms with Crippen LogP contribution in [0, 0.1) is 0 Å². The Kier molecular flexibility index (Phi) is 7.33. The highest BCUT2D eigenvalue weighted by Gasteiger charge is 2.42. The van der Waals surface area contributed by atoms with Crippen molar-refractivity contribution in [3.8, 4) is 0 Å². The van der Waals surface area contributed by atoms with Crippen molar-refractivity contribution >= 4 is 23.6 Å². The Hall–Kier alpha value is -3.16. The average molecular weight is 441 g/mol. The van der Waals surface area contributed by atoms with Gasteiger partial charge in [-0.15, -0.1) is 6.58 Å². The number of rotatable bonds is 5. The molecule has 2 heterocycles. The van der Waals surface area contributed by atoms with E-state index in [-0.39, 0.29) is 11.8 Å². The second-order valence-corrected chi connectivity index (χ2v) is 8.95. The summed E-state index contributed by atoms with van der Waals surface area (Å²) in [6.45, 7) is 7.28. The topological polar surface area (TPSA) is 108 Å². The highest BCUT2D eigenvalue weighted by atomic mass is 16.2. The number of nitrogens with zero attached hydrogens (tertiary/aromatic N) is 1. The third kappa shape index (κ3) is 5.36. The Balaban J connectivity index is 1.94. The molecule has 0 spiro atoms. The van der Waals surface area contributed by atoms with E-state index in [9.17, 15) is 19.2 Å². The molecule has 2 fully saturated rings. The molecular weight excluding hydrogens is 408 g/mol. The molecule has 0 saturated carbocycles. The highest BCUT2D eigenvalue weighted by Crippen LogP contribution is 2.21. The van der Waals surface area contributed by atoms with E-state index < -0.39 is 35.5 Å². The SMILES string of the molecule is C=CCC[C@@H]1NC(=O)[C@H]2CCCN2C(=O)[C@H](Cc2ccccc2)NC(=O)C(C)(C)NC1=O. The predicted octanol–water partition coefficient (Wildman–Crippen LogP) is 1.06. The van der Waals surface area contributed by atoms with Crippen LogP contribution in [-0.4, -0.2) is 58.7 Å². The minimum absolute atomic E-state index is 0.287. The van der Waals surface area contributed by atoms with Gasteiger partial charge in [0.15, 0.2) is 0 Å². The van der Waals surface area contributed by atoms with Crippen molar-refractivity contribution in [3.05, 3.63) is 48.6 Å². The van der Waals surface area contributed by atoms with Crippen molar-refractivity contribution in [2.75, 3.05) is 6.54 Å². The van der Waals surface area contributed by atoms with Gasteiger partial charge in [-0.1, -0.05) is 36.4 Å². The van der Waals surface area contributed by atoms with Gasteiger partial charge in [-0.2, -0.15) is 0 Å². The first-order valence-corrected chi connectivity index (χ1v) is 11.1. The predicted molar refractivity (Wildman–Crippen MR) is 120 cm³/mol. The van der Waals surface area contributed by atoms with Gasteiger partial charge < -0.3 is 20.9 Å². The van der Waals surface area contributed by atoms with Gasteiger partial charge in [-0.05, 0) is 45.1 Å². The average Bonchev–Trinajstić information content (AvgIpc) is 3.25. The Morgan fingerprint density at radius 3 is 2.47 bits per heavy atom. The van der Waals surface area contributed by atoms with Gasteiger partial charge in [0.1, 0.15) is 23.7 Å². The molecule has 8 heteroatoms. The zero-order valence-electron chi connectivity index (χ0n) is 18.7. The molecule has 0 unspecified atom stereocenters. The number of hydrogen-bond acceptors (Lipinski definition) is 4. The van der Waals surface area contributed by atoms with Gasteiger partial charge in [-0.25, -0.2) is 0 Å². The molecule has 2 aliphatic heterocycles. The van der Waals surface area contributed by atoms with Crippen LogP contribution in [-0.2, 0) is 25.6 Å². The fourth-order valence-electron chi connectivity index (χ4n) is 4.16. The number of benzene rings is 1. The molecule has 4 amide bonds. The van der Waals surface area contributed by atoms with Crippen molar-refractivity contribution in [3.63, 3.8) is 0 Å². The van der Waals surface area contributed by atoms with Crippen molar-refractivity contribution < 1.29 is 19.2 Å². The highest BCUT2D eigenvalue weighted by molar-refractivity contribution is 5.99. The Bertz CT molecular complexity index is 883. The molecule has 1 aromatic carbocycles. The second kappa shape index (κ2) is 9.97. The lowest BCUT2D eigenvalue weighted by molar-refractivity contribution is -0.144. The van der Waals surface area contributed by atoms with Crippen LogP contribution < -0.4 is 16.0 Å². The number of hydrogen-bond donors (Lipinski definition) is 3. The maximum atomic E-state index is 13.5. The van der Waals surface area contributed by atoms with Crippen LogP contribution in [0.1, 0.15) is 45.1 Å². The number of nitrogens with one attached hydrogen (secondary N) is 3. The van der Waals surface area contributed by atoms with E-state index in [4.69, 9.17) is 0 Å².